The molecular weight excluding hydrogens is 345 g/mol. The fourth-order valence-electron chi connectivity index (χ4n) is 2.29. The molecule has 134 valence electrons. The van der Waals surface area contributed by atoms with Crippen molar-refractivity contribution >= 4 is 30.6 Å². The first-order chi connectivity index (χ1) is 10.5. The molecule has 0 spiro atoms. The molecule has 2 rings (SSSR count). The summed E-state index contributed by atoms with van der Waals surface area (Å²) in [5, 5.41) is 13.6. The molecule has 1 heterocycles. The van der Waals surface area contributed by atoms with E-state index in [1.807, 2.05) is 12.1 Å². The van der Waals surface area contributed by atoms with E-state index in [-0.39, 0.29) is 30.4 Å². The number of nitrogens with two attached hydrogens (primary N) is 1. The maximum atomic E-state index is 10.2. The monoisotopic (exact) mass is 371 g/mol. The maximum absolute atomic E-state index is 10.2. The third-order valence-electron chi connectivity index (χ3n) is 3.85. The number of anilines is 1. The van der Waals surface area contributed by atoms with Gasteiger partial charge in [-0.05, 0) is 38.3 Å². The number of aliphatic hydroxyl groups is 1. The van der Waals surface area contributed by atoms with Crippen LogP contribution in [-0.4, -0.2) is 22.2 Å². The molecule has 0 aliphatic rings. The summed E-state index contributed by atoms with van der Waals surface area (Å²) in [6.07, 6.45) is 3.06. The minimum absolute atomic E-state index is 0. The van der Waals surface area contributed by atoms with E-state index in [1.54, 1.807) is 12.3 Å². The van der Waals surface area contributed by atoms with Gasteiger partial charge in [0.25, 0.3) is 0 Å². The minimum atomic E-state index is -0.580. The molecule has 1 unspecified atom stereocenters. The topological polar surface area (TPSA) is 71.2 Å². The average Bonchev–Trinajstić information content (AvgIpc) is 2.53. The van der Waals surface area contributed by atoms with E-state index in [2.05, 4.69) is 48.4 Å². The van der Waals surface area contributed by atoms with Gasteiger partial charge in [0.05, 0.1) is 6.10 Å². The number of aromatic nitrogens is 1. The second-order valence-corrected chi connectivity index (χ2v) is 6.28. The van der Waals surface area contributed by atoms with Crippen molar-refractivity contribution in [3.05, 3.63) is 59.8 Å². The van der Waals surface area contributed by atoms with Crippen LogP contribution in [0.3, 0.4) is 0 Å². The zero-order valence-corrected chi connectivity index (χ0v) is 15.7. The quantitative estimate of drug-likeness (QED) is 0.695. The normalized spacial score (nSPS) is 12.0. The Balaban J connectivity index is 0.00000264. The van der Waals surface area contributed by atoms with Crippen LogP contribution in [0.4, 0.5) is 5.82 Å². The first-order valence-corrected chi connectivity index (χ1v) is 7.65. The Hall–Kier alpha value is -1.33. The number of hydrogen-bond donors (Lipinski definition) is 3. The van der Waals surface area contributed by atoms with Gasteiger partial charge in [-0.3, -0.25) is 0 Å². The minimum Gasteiger partial charge on any atom is -0.387 e. The molecular formula is C18H27Cl2N3O. The number of rotatable bonds is 7. The number of nitrogen functional groups attached to an aromatic ring is 1. The predicted octanol–water partition coefficient (Wildman–Crippen LogP) is 3.54. The summed E-state index contributed by atoms with van der Waals surface area (Å²) in [7, 11) is 0. The fraction of sp³-hybridized carbons (Fsp3) is 0.389. The van der Waals surface area contributed by atoms with Gasteiger partial charge >= 0.3 is 0 Å². The number of nitrogens with zero attached hydrogens (tertiary/aromatic N) is 1. The highest BCUT2D eigenvalue weighted by Crippen LogP contribution is 2.17. The van der Waals surface area contributed by atoms with E-state index in [9.17, 15) is 5.11 Å². The van der Waals surface area contributed by atoms with Crippen molar-refractivity contribution in [3.8, 4) is 0 Å². The van der Waals surface area contributed by atoms with E-state index in [4.69, 9.17) is 5.73 Å². The summed E-state index contributed by atoms with van der Waals surface area (Å²) < 4.78 is 0. The van der Waals surface area contributed by atoms with Gasteiger partial charge in [-0.1, -0.05) is 36.4 Å². The first-order valence-electron chi connectivity index (χ1n) is 7.65. The van der Waals surface area contributed by atoms with Gasteiger partial charge in [0.15, 0.2) is 0 Å². The Morgan fingerprint density at radius 3 is 2.38 bits per heavy atom. The number of hydrogen-bond acceptors (Lipinski definition) is 4. The Bertz CT molecular complexity index is 577. The molecule has 2 aromatic rings. The van der Waals surface area contributed by atoms with Gasteiger partial charge < -0.3 is 16.2 Å². The molecule has 6 heteroatoms. The molecule has 0 aliphatic carbocycles. The molecule has 24 heavy (non-hydrogen) atoms. The Morgan fingerprint density at radius 1 is 1.12 bits per heavy atom. The second-order valence-electron chi connectivity index (χ2n) is 6.28. The van der Waals surface area contributed by atoms with E-state index >= 15 is 0 Å². The molecule has 0 aliphatic heterocycles. The van der Waals surface area contributed by atoms with E-state index < -0.39 is 6.10 Å². The predicted molar refractivity (Wildman–Crippen MR) is 105 cm³/mol. The molecule has 4 N–H and O–H groups in total. The lowest BCUT2D eigenvalue weighted by Crippen LogP contribution is -2.42. The summed E-state index contributed by atoms with van der Waals surface area (Å²) >= 11 is 0. The van der Waals surface area contributed by atoms with E-state index in [1.165, 1.54) is 5.56 Å². The van der Waals surface area contributed by atoms with Crippen LogP contribution in [0.25, 0.3) is 0 Å². The molecule has 4 nitrogen and oxygen atoms in total. The largest absolute Gasteiger partial charge is 0.387 e. The molecule has 1 aromatic heterocycles. The van der Waals surface area contributed by atoms with Gasteiger partial charge in [0.1, 0.15) is 5.82 Å². The standard InChI is InChI=1S/C18H25N3O.2ClH/c1-18(2,11-10-14-6-4-3-5-7-14)21-13-16(22)15-8-9-17(19)20-12-15;;/h3-9,12,16,21-22H,10-11,13H2,1-2H3,(H2,19,20);2*1H. The second kappa shape index (κ2) is 10.5. The lowest BCUT2D eigenvalue weighted by atomic mass is 9.95. The Morgan fingerprint density at radius 2 is 1.79 bits per heavy atom. The van der Waals surface area contributed by atoms with Crippen molar-refractivity contribution in [2.24, 2.45) is 0 Å². The fourth-order valence-corrected chi connectivity index (χ4v) is 2.29. The molecule has 0 saturated carbocycles. The number of aliphatic hydroxyl groups excluding tert-OH is 1. The van der Waals surface area contributed by atoms with Crippen molar-refractivity contribution in [3.63, 3.8) is 0 Å². The van der Waals surface area contributed by atoms with Crippen LogP contribution in [0.5, 0.6) is 0 Å². The van der Waals surface area contributed by atoms with Crippen LogP contribution < -0.4 is 11.1 Å². The average molecular weight is 372 g/mol. The van der Waals surface area contributed by atoms with Crippen LogP contribution >= 0.6 is 24.8 Å². The number of β-amino-alcohol motifs (C(OH)–C–C–N with tert-alkyl or cyclic N) is 1. The van der Waals surface area contributed by atoms with Gasteiger partial charge in [0.2, 0.25) is 0 Å². The first kappa shape index (κ1) is 22.7. The third-order valence-corrected chi connectivity index (χ3v) is 3.85. The molecule has 0 saturated heterocycles. The smallest absolute Gasteiger partial charge is 0.123 e. The number of pyridine rings is 1. The highest BCUT2D eigenvalue weighted by molar-refractivity contribution is 5.85. The molecule has 1 aromatic carbocycles. The van der Waals surface area contributed by atoms with Gasteiger partial charge in [-0.2, -0.15) is 0 Å². The van der Waals surface area contributed by atoms with Crippen LogP contribution in [0.2, 0.25) is 0 Å². The summed E-state index contributed by atoms with van der Waals surface area (Å²) in [6.45, 7) is 4.81. The van der Waals surface area contributed by atoms with Crippen LogP contribution in [-0.2, 0) is 6.42 Å². The highest BCUT2D eigenvalue weighted by Gasteiger charge is 2.19. The summed E-state index contributed by atoms with van der Waals surface area (Å²) in [6, 6.07) is 14.0. The van der Waals surface area contributed by atoms with Gasteiger partial charge in [-0.15, -0.1) is 24.8 Å². The Labute approximate surface area is 156 Å². The highest BCUT2D eigenvalue weighted by atomic mass is 35.5. The molecule has 0 radical (unpaired) electrons. The van der Waals surface area contributed by atoms with Gasteiger partial charge in [-0.25, -0.2) is 4.98 Å². The molecule has 0 amide bonds. The van der Waals surface area contributed by atoms with Gasteiger partial charge in [0, 0.05) is 23.8 Å². The lowest BCUT2D eigenvalue weighted by Gasteiger charge is -2.28. The number of aryl methyl sites for hydroxylation is 1. The van der Waals surface area contributed by atoms with Crippen molar-refractivity contribution < 1.29 is 5.11 Å². The van der Waals surface area contributed by atoms with Crippen LogP contribution in [0.1, 0.15) is 37.5 Å². The van der Waals surface area contributed by atoms with Crippen molar-refractivity contribution in [2.75, 3.05) is 12.3 Å². The number of benzene rings is 1. The number of nitrogens with one attached hydrogen (secondary N) is 1. The van der Waals surface area contributed by atoms with Crippen molar-refractivity contribution in [1.29, 1.82) is 0 Å². The third kappa shape index (κ3) is 7.49. The summed E-state index contributed by atoms with van der Waals surface area (Å²) in [5.41, 5.74) is 7.63. The number of halogens is 2. The van der Waals surface area contributed by atoms with Crippen molar-refractivity contribution in [2.45, 2.75) is 38.3 Å². The Kier molecular flexibility index (Phi) is 9.93. The van der Waals surface area contributed by atoms with Crippen molar-refractivity contribution in [1.82, 2.24) is 10.3 Å². The van der Waals surface area contributed by atoms with Crippen LogP contribution in [0, 0.1) is 0 Å². The SMILES string of the molecule is CC(C)(CCc1ccccc1)NCC(O)c1ccc(N)nc1.Cl.Cl. The zero-order chi connectivity index (χ0) is 16.0. The van der Waals surface area contributed by atoms with E-state index in [0.29, 0.717) is 12.4 Å². The van der Waals surface area contributed by atoms with E-state index in [0.717, 1.165) is 18.4 Å². The summed E-state index contributed by atoms with van der Waals surface area (Å²) in [4.78, 5) is 4.01. The molecule has 0 fully saturated rings. The molecule has 1 atom stereocenters. The lowest BCUT2D eigenvalue weighted by molar-refractivity contribution is 0.159. The zero-order valence-electron chi connectivity index (χ0n) is 14.1. The van der Waals surface area contributed by atoms with Crippen LogP contribution in [0.15, 0.2) is 48.7 Å². The molecule has 0 bridgehead atoms. The maximum Gasteiger partial charge on any atom is 0.123 e. The summed E-state index contributed by atoms with van der Waals surface area (Å²) in [5.74, 6) is 0.465.